The van der Waals surface area contributed by atoms with Crippen LogP contribution in [0.4, 0.5) is 10.5 Å². The second-order valence-electron chi connectivity index (χ2n) is 4.16. The summed E-state index contributed by atoms with van der Waals surface area (Å²) in [4.78, 5) is 15.4. The van der Waals surface area contributed by atoms with Gasteiger partial charge >= 0.3 is 6.03 Å². The van der Waals surface area contributed by atoms with Crippen LogP contribution in [0.2, 0.25) is 0 Å². The van der Waals surface area contributed by atoms with Crippen molar-refractivity contribution in [2.75, 3.05) is 5.32 Å². The molecular weight excluding hydrogens is 240 g/mol. The number of benzene rings is 1. The van der Waals surface area contributed by atoms with Crippen LogP contribution in [0, 0.1) is 0 Å². The quantitative estimate of drug-likeness (QED) is 0.735. The highest BCUT2D eigenvalue weighted by Gasteiger charge is 2.05. The van der Waals surface area contributed by atoms with Crippen molar-refractivity contribution in [3.8, 4) is 11.3 Å². The zero-order valence-electron chi connectivity index (χ0n) is 10.1. The van der Waals surface area contributed by atoms with E-state index in [4.69, 9.17) is 5.73 Å². The van der Waals surface area contributed by atoms with Crippen LogP contribution < -0.4 is 11.1 Å². The molecule has 0 radical (unpaired) electrons. The van der Waals surface area contributed by atoms with Crippen molar-refractivity contribution in [3.05, 3.63) is 54.9 Å². The third-order valence-corrected chi connectivity index (χ3v) is 2.79. The van der Waals surface area contributed by atoms with Gasteiger partial charge in [0.05, 0.1) is 5.69 Å². The number of fused-ring (bicyclic) bond motifs is 1. The van der Waals surface area contributed by atoms with E-state index in [1.807, 2.05) is 53.2 Å². The molecule has 0 saturated carbocycles. The lowest BCUT2D eigenvalue weighted by molar-refractivity contribution is 0.259. The molecule has 0 aliphatic heterocycles. The van der Waals surface area contributed by atoms with Crippen LogP contribution >= 0.6 is 0 Å². The van der Waals surface area contributed by atoms with E-state index in [-0.39, 0.29) is 0 Å². The number of aromatic nitrogens is 2. The van der Waals surface area contributed by atoms with E-state index < -0.39 is 6.03 Å². The fraction of sp³-hybridized carbons (Fsp3) is 0. The van der Waals surface area contributed by atoms with Crippen molar-refractivity contribution in [1.29, 1.82) is 0 Å². The number of pyridine rings is 1. The molecule has 94 valence electrons. The average Bonchev–Trinajstić information content (AvgIpc) is 2.82. The van der Waals surface area contributed by atoms with E-state index in [0.717, 1.165) is 16.9 Å². The number of hydrogen-bond donors (Lipinski definition) is 2. The predicted molar refractivity (Wildman–Crippen MR) is 73.8 cm³/mol. The maximum absolute atomic E-state index is 10.8. The van der Waals surface area contributed by atoms with Crippen molar-refractivity contribution < 1.29 is 4.79 Å². The molecule has 3 aromatic rings. The number of nitrogens with one attached hydrogen (secondary N) is 1. The summed E-state index contributed by atoms with van der Waals surface area (Å²) in [5, 5.41) is 2.55. The second kappa shape index (κ2) is 4.45. The highest BCUT2D eigenvalue weighted by molar-refractivity contribution is 5.88. The lowest BCUT2D eigenvalue weighted by atomic mass is 10.1. The molecule has 5 heteroatoms. The highest BCUT2D eigenvalue weighted by Crippen LogP contribution is 2.22. The minimum absolute atomic E-state index is 0.577. The topological polar surface area (TPSA) is 72.4 Å². The first-order chi connectivity index (χ1) is 9.22. The molecule has 5 nitrogen and oxygen atoms in total. The third-order valence-electron chi connectivity index (χ3n) is 2.79. The summed E-state index contributed by atoms with van der Waals surface area (Å²) in [6, 6.07) is 12.7. The lowest BCUT2D eigenvalue weighted by Gasteiger charge is -2.03. The van der Waals surface area contributed by atoms with Crippen molar-refractivity contribution in [2.45, 2.75) is 0 Å². The Morgan fingerprint density at radius 3 is 2.89 bits per heavy atom. The van der Waals surface area contributed by atoms with Crippen LogP contribution in [0.15, 0.2) is 54.9 Å². The number of nitrogens with zero attached hydrogens (tertiary/aromatic N) is 2. The number of amides is 2. The van der Waals surface area contributed by atoms with Crippen LogP contribution in [-0.4, -0.2) is 15.4 Å². The number of carbonyl (C=O) groups excluding carboxylic acids is 1. The van der Waals surface area contributed by atoms with Crippen LogP contribution in [0.1, 0.15) is 0 Å². The van der Waals surface area contributed by atoms with Gasteiger partial charge in [0.15, 0.2) is 0 Å². The molecule has 3 N–H and O–H groups in total. The molecular formula is C14H12N4O. The smallest absolute Gasteiger partial charge is 0.316 e. The number of carbonyl (C=O) groups is 1. The molecule has 19 heavy (non-hydrogen) atoms. The first kappa shape index (κ1) is 11.3. The molecule has 1 aromatic carbocycles. The lowest BCUT2D eigenvalue weighted by Crippen LogP contribution is -2.19. The third kappa shape index (κ3) is 2.26. The fourth-order valence-electron chi connectivity index (χ4n) is 1.97. The molecule has 0 bridgehead atoms. The summed E-state index contributed by atoms with van der Waals surface area (Å²) in [5.41, 5.74) is 8.41. The molecule has 0 saturated heterocycles. The Morgan fingerprint density at radius 2 is 2.11 bits per heavy atom. The van der Waals surface area contributed by atoms with Gasteiger partial charge in [0, 0.05) is 23.6 Å². The molecule has 2 amide bonds. The number of urea groups is 1. The number of imidazole rings is 1. The molecule has 0 atom stereocenters. The summed E-state index contributed by atoms with van der Waals surface area (Å²) in [6.07, 6.45) is 3.88. The van der Waals surface area contributed by atoms with Crippen molar-refractivity contribution >= 4 is 17.4 Å². The molecule has 2 aromatic heterocycles. The van der Waals surface area contributed by atoms with Crippen LogP contribution in [0.25, 0.3) is 16.9 Å². The van der Waals surface area contributed by atoms with Gasteiger partial charge in [-0.1, -0.05) is 18.2 Å². The monoisotopic (exact) mass is 252 g/mol. The summed E-state index contributed by atoms with van der Waals surface area (Å²) >= 11 is 0. The Bertz CT molecular complexity index is 715. The number of anilines is 1. The van der Waals surface area contributed by atoms with Crippen LogP contribution in [-0.2, 0) is 0 Å². The van der Waals surface area contributed by atoms with Crippen molar-refractivity contribution in [1.82, 2.24) is 9.38 Å². The van der Waals surface area contributed by atoms with Gasteiger partial charge in [-0.25, -0.2) is 9.78 Å². The molecule has 0 fully saturated rings. The van der Waals surface area contributed by atoms with Crippen molar-refractivity contribution in [2.24, 2.45) is 5.73 Å². The minimum Gasteiger partial charge on any atom is -0.351 e. The fourth-order valence-corrected chi connectivity index (χ4v) is 1.97. The number of nitrogens with two attached hydrogens (primary N) is 1. The number of hydrogen-bond acceptors (Lipinski definition) is 2. The number of primary amides is 1. The Balaban J connectivity index is 2.03. The number of rotatable bonds is 2. The molecule has 3 rings (SSSR count). The van der Waals surface area contributed by atoms with Crippen molar-refractivity contribution in [3.63, 3.8) is 0 Å². The Labute approximate surface area is 109 Å². The van der Waals surface area contributed by atoms with E-state index >= 15 is 0 Å². The zero-order valence-corrected chi connectivity index (χ0v) is 10.1. The summed E-state index contributed by atoms with van der Waals surface area (Å²) < 4.78 is 1.95. The molecule has 0 spiro atoms. The first-order valence-electron chi connectivity index (χ1n) is 5.83. The Morgan fingerprint density at radius 1 is 1.21 bits per heavy atom. The maximum atomic E-state index is 10.8. The SMILES string of the molecule is NC(=O)Nc1cccc(-c2cn3ccccc3n2)c1. The van der Waals surface area contributed by atoms with Gasteiger partial charge in [-0.2, -0.15) is 0 Å². The van der Waals surface area contributed by atoms with E-state index in [2.05, 4.69) is 10.3 Å². The van der Waals surface area contributed by atoms with Gasteiger partial charge in [-0.15, -0.1) is 0 Å². The second-order valence-corrected chi connectivity index (χ2v) is 4.16. The van der Waals surface area contributed by atoms with E-state index in [1.165, 1.54) is 0 Å². The van der Waals surface area contributed by atoms with Crippen LogP contribution in [0.5, 0.6) is 0 Å². The summed E-state index contributed by atoms with van der Waals surface area (Å²) in [7, 11) is 0. The van der Waals surface area contributed by atoms with Gasteiger partial charge in [0.2, 0.25) is 0 Å². The Hall–Kier alpha value is -2.82. The molecule has 0 unspecified atom stereocenters. The normalized spacial score (nSPS) is 10.5. The molecule has 0 aliphatic carbocycles. The van der Waals surface area contributed by atoms with Gasteiger partial charge < -0.3 is 15.5 Å². The summed E-state index contributed by atoms with van der Waals surface area (Å²) in [6.45, 7) is 0. The Kier molecular flexibility index (Phi) is 2.64. The van der Waals surface area contributed by atoms with Gasteiger partial charge in [0.1, 0.15) is 5.65 Å². The zero-order chi connectivity index (χ0) is 13.2. The minimum atomic E-state index is -0.577. The van der Waals surface area contributed by atoms with E-state index in [1.54, 1.807) is 6.07 Å². The maximum Gasteiger partial charge on any atom is 0.316 e. The molecule has 0 aliphatic rings. The van der Waals surface area contributed by atoms with E-state index in [9.17, 15) is 4.79 Å². The first-order valence-corrected chi connectivity index (χ1v) is 5.83. The largest absolute Gasteiger partial charge is 0.351 e. The average molecular weight is 252 g/mol. The standard InChI is InChI=1S/C14H12N4O/c15-14(19)16-11-5-3-4-10(8-11)12-9-18-7-2-1-6-13(18)17-12/h1-9H,(H3,15,16,19). The van der Waals surface area contributed by atoms with Gasteiger partial charge in [-0.05, 0) is 24.3 Å². The van der Waals surface area contributed by atoms with Gasteiger partial charge in [0.25, 0.3) is 0 Å². The predicted octanol–water partition coefficient (Wildman–Crippen LogP) is 2.49. The molecule has 2 heterocycles. The van der Waals surface area contributed by atoms with Crippen LogP contribution in [0.3, 0.4) is 0 Å². The summed E-state index contributed by atoms with van der Waals surface area (Å²) in [5.74, 6) is 0. The van der Waals surface area contributed by atoms with Gasteiger partial charge in [-0.3, -0.25) is 0 Å². The van der Waals surface area contributed by atoms with E-state index in [0.29, 0.717) is 5.69 Å². The highest BCUT2D eigenvalue weighted by atomic mass is 16.2.